The summed E-state index contributed by atoms with van der Waals surface area (Å²) in [5.41, 5.74) is 2.22. The Morgan fingerprint density at radius 2 is 1.80 bits per heavy atom. The van der Waals surface area contributed by atoms with Gasteiger partial charge in [0, 0.05) is 10.2 Å². The van der Waals surface area contributed by atoms with E-state index in [4.69, 9.17) is 16.3 Å². The molecule has 1 aliphatic rings. The molecule has 35 heavy (non-hydrogen) atoms. The topological polar surface area (TPSA) is 75.7 Å². The Kier molecular flexibility index (Phi) is 8.33. The van der Waals surface area contributed by atoms with Crippen LogP contribution in [0.5, 0.6) is 5.75 Å². The highest BCUT2D eigenvalue weighted by Crippen LogP contribution is 2.34. The van der Waals surface area contributed by atoms with Gasteiger partial charge in [0.05, 0.1) is 14.4 Å². The van der Waals surface area contributed by atoms with Crippen molar-refractivity contribution in [3.05, 3.63) is 96.7 Å². The van der Waals surface area contributed by atoms with E-state index in [9.17, 15) is 14.4 Å². The van der Waals surface area contributed by atoms with Gasteiger partial charge in [-0.1, -0.05) is 48.0 Å². The van der Waals surface area contributed by atoms with Gasteiger partial charge in [-0.2, -0.15) is 0 Å². The largest absolute Gasteiger partial charge is 0.488 e. The monoisotopic (exact) mass is 634 g/mol. The van der Waals surface area contributed by atoms with Crippen LogP contribution < -0.4 is 10.1 Å². The average Bonchev–Trinajstić information content (AvgIpc) is 3.09. The van der Waals surface area contributed by atoms with Crippen LogP contribution in [0.4, 0.5) is 10.5 Å². The molecule has 0 atom stereocenters. The minimum absolute atomic E-state index is 0.236. The van der Waals surface area contributed by atoms with Gasteiger partial charge in [0.15, 0.2) is 0 Å². The second kappa shape index (κ2) is 11.4. The van der Waals surface area contributed by atoms with E-state index < -0.39 is 23.6 Å². The minimum Gasteiger partial charge on any atom is -0.488 e. The van der Waals surface area contributed by atoms with Crippen molar-refractivity contribution in [1.82, 2.24) is 4.90 Å². The van der Waals surface area contributed by atoms with Crippen molar-refractivity contribution in [3.8, 4) is 5.75 Å². The molecule has 0 spiro atoms. The molecule has 178 valence electrons. The fourth-order valence-electron chi connectivity index (χ4n) is 3.16. The number of benzene rings is 3. The summed E-state index contributed by atoms with van der Waals surface area (Å²) in [7, 11) is 0. The number of halogens is 3. The molecule has 4 rings (SSSR count). The van der Waals surface area contributed by atoms with Crippen LogP contribution in [0, 0.1) is 0 Å². The van der Waals surface area contributed by atoms with E-state index in [1.54, 1.807) is 42.5 Å². The number of thioether (sulfide) groups is 1. The summed E-state index contributed by atoms with van der Waals surface area (Å²) in [6.07, 6.45) is 1.61. The van der Waals surface area contributed by atoms with Crippen LogP contribution in [0.3, 0.4) is 0 Å². The average molecular weight is 637 g/mol. The van der Waals surface area contributed by atoms with E-state index in [0.29, 0.717) is 37.6 Å². The van der Waals surface area contributed by atoms with Crippen molar-refractivity contribution in [3.63, 3.8) is 0 Å². The molecule has 0 aliphatic carbocycles. The first kappa shape index (κ1) is 25.5. The Morgan fingerprint density at radius 3 is 2.51 bits per heavy atom. The smallest absolute Gasteiger partial charge is 0.294 e. The number of nitrogens with zero attached hydrogens (tertiary/aromatic N) is 1. The zero-order valence-corrected chi connectivity index (χ0v) is 22.7. The predicted molar refractivity (Wildman–Crippen MR) is 145 cm³/mol. The first-order valence-corrected chi connectivity index (χ1v) is 13.0. The molecule has 0 radical (unpaired) electrons. The van der Waals surface area contributed by atoms with Crippen molar-refractivity contribution >= 4 is 84.0 Å². The lowest BCUT2D eigenvalue weighted by Gasteiger charge is -2.12. The third-order valence-corrected chi connectivity index (χ3v) is 7.63. The highest BCUT2D eigenvalue weighted by atomic mass is 79.9. The molecule has 1 N–H and O–H groups in total. The Balaban J connectivity index is 1.40. The second-order valence-electron chi connectivity index (χ2n) is 7.41. The third-order valence-electron chi connectivity index (χ3n) is 4.87. The molecule has 1 aliphatic heterocycles. The van der Waals surface area contributed by atoms with Crippen LogP contribution in [0.2, 0.25) is 5.02 Å². The molecular weight excluding hydrogens is 620 g/mol. The fourth-order valence-corrected chi connectivity index (χ4v) is 4.94. The lowest BCUT2D eigenvalue weighted by Crippen LogP contribution is -2.36. The van der Waals surface area contributed by atoms with Gasteiger partial charge in [-0.15, -0.1) is 0 Å². The van der Waals surface area contributed by atoms with Crippen LogP contribution in [0.15, 0.2) is 80.6 Å². The van der Waals surface area contributed by atoms with Crippen LogP contribution in [-0.4, -0.2) is 28.5 Å². The minimum atomic E-state index is -0.524. The first-order valence-electron chi connectivity index (χ1n) is 10.3. The van der Waals surface area contributed by atoms with E-state index in [0.717, 1.165) is 22.2 Å². The number of rotatable bonds is 7. The van der Waals surface area contributed by atoms with Gasteiger partial charge in [0.2, 0.25) is 5.91 Å². The highest BCUT2D eigenvalue weighted by Gasteiger charge is 2.36. The van der Waals surface area contributed by atoms with Crippen molar-refractivity contribution in [2.45, 2.75) is 6.61 Å². The number of hydrogen-bond acceptors (Lipinski definition) is 5. The lowest BCUT2D eigenvalue weighted by atomic mass is 10.2. The maximum Gasteiger partial charge on any atom is 0.294 e. The van der Waals surface area contributed by atoms with Crippen molar-refractivity contribution < 1.29 is 19.1 Å². The predicted octanol–water partition coefficient (Wildman–Crippen LogP) is 7.12. The van der Waals surface area contributed by atoms with Gasteiger partial charge in [-0.3, -0.25) is 19.3 Å². The third kappa shape index (κ3) is 6.55. The van der Waals surface area contributed by atoms with Gasteiger partial charge in [-0.25, -0.2) is 0 Å². The Bertz CT molecular complexity index is 1330. The second-order valence-corrected chi connectivity index (χ2v) is 10.5. The van der Waals surface area contributed by atoms with Gasteiger partial charge in [0.25, 0.3) is 11.1 Å². The van der Waals surface area contributed by atoms with Crippen LogP contribution in [0.1, 0.15) is 11.1 Å². The van der Waals surface area contributed by atoms with E-state index in [-0.39, 0.29) is 4.91 Å². The van der Waals surface area contributed by atoms with Gasteiger partial charge >= 0.3 is 0 Å². The zero-order chi connectivity index (χ0) is 24.9. The number of ether oxygens (including phenoxy) is 1. The number of nitrogens with one attached hydrogen (secondary N) is 1. The maximum absolute atomic E-state index is 12.8. The summed E-state index contributed by atoms with van der Waals surface area (Å²) in [5.74, 6) is -0.372. The number of carbonyl (C=O) groups excluding carboxylic acids is 3. The Morgan fingerprint density at radius 1 is 1.03 bits per heavy atom. The standard InChI is InChI=1S/C25H17Br2ClN2O4S/c26-18-8-7-17(12-20(18)28)29-23(31)13-30-24(32)22(35-25(30)33)11-16-6-9-21(19(27)10-16)34-14-15-4-2-1-3-5-15/h1-12H,13-14H2,(H,29,31)/b22-11+. The summed E-state index contributed by atoms with van der Waals surface area (Å²) in [4.78, 5) is 38.8. The van der Waals surface area contributed by atoms with E-state index in [2.05, 4.69) is 37.2 Å². The quantitative estimate of drug-likeness (QED) is 0.280. The van der Waals surface area contributed by atoms with Crippen LogP contribution in [-0.2, 0) is 16.2 Å². The molecule has 3 aromatic carbocycles. The highest BCUT2D eigenvalue weighted by molar-refractivity contribution is 9.10. The number of anilines is 1. The van der Waals surface area contributed by atoms with E-state index in [1.807, 2.05) is 30.3 Å². The first-order chi connectivity index (χ1) is 16.8. The zero-order valence-electron chi connectivity index (χ0n) is 18.0. The van der Waals surface area contributed by atoms with Crippen molar-refractivity contribution in [2.75, 3.05) is 11.9 Å². The molecule has 0 unspecified atom stereocenters. The summed E-state index contributed by atoms with van der Waals surface area (Å²) in [6.45, 7) is 0.0256. The van der Waals surface area contributed by atoms with Crippen LogP contribution in [0.25, 0.3) is 6.08 Å². The molecular formula is C25H17Br2ClN2O4S. The Labute approximate surface area is 227 Å². The molecule has 1 saturated heterocycles. The van der Waals surface area contributed by atoms with E-state index >= 15 is 0 Å². The molecule has 0 bridgehead atoms. The normalized spacial score (nSPS) is 14.5. The number of imide groups is 1. The molecule has 1 fully saturated rings. The Hall–Kier alpha value is -2.59. The van der Waals surface area contributed by atoms with Gasteiger partial charge in [-0.05, 0) is 91.2 Å². The summed E-state index contributed by atoms with van der Waals surface area (Å²) in [6, 6.07) is 20.1. The molecule has 6 nitrogen and oxygen atoms in total. The maximum atomic E-state index is 12.8. The van der Waals surface area contributed by atoms with Gasteiger partial charge in [0.1, 0.15) is 18.9 Å². The molecule has 0 saturated carbocycles. The summed E-state index contributed by atoms with van der Waals surface area (Å²) >= 11 is 13.6. The SMILES string of the molecule is O=C(CN1C(=O)S/C(=C/c2ccc(OCc3ccccc3)c(Br)c2)C1=O)Nc1ccc(Br)c(Cl)c1. The molecule has 3 amide bonds. The number of amides is 3. The molecule has 1 heterocycles. The number of carbonyl (C=O) groups is 3. The van der Waals surface area contributed by atoms with Crippen LogP contribution >= 0.6 is 55.2 Å². The molecule has 0 aromatic heterocycles. The van der Waals surface area contributed by atoms with E-state index in [1.165, 1.54) is 0 Å². The molecule has 10 heteroatoms. The van der Waals surface area contributed by atoms with Crippen molar-refractivity contribution in [2.24, 2.45) is 0 Å². The lowest BCUT2D eigenvalue weighted by molar-refractivity contribution is -0.127. The van der Waals surface area contributed by atoms with Gasteiger partial charge < -0.3 is 10.1 Å². The molecule has 3 aromatic rings. The van der Waals surface area contributed by atoms with Crippen molar-refractivity contribution in [1.29, 1.82) is 0 Å². The summed E-state index contributed by atoms with van der Waals surface area (Å²) in [5, 5.41) is 2.56. The summed E-state index contributed by atoms with van der Waals surface area (Å²) < 4.78 is 7.26. The number of hydrogen-bond donors (Lipinski definition) is 1. The fraction of sp³-hybridized carbons (Fsp3) is 0.0800.